The second-order valence-electron chi connectivity index (χ2n) is 17.6. The van der Waals surface area contributed by atoms with Gasteiger partial charge in [-0.25, -0.2) is 0 Å². The quantitative estimate of drug-likeness (QED) is 0.163. The lowest BCUT2D eigenvalue weighted by molar-refractivity contribution is 0.669. The van der Waals surface area contributed by atoms with Gasteiger partial charge in [-0.15, -0.1) is 0 Å². The zero-order chi connectivity index (χ0) is 41.6. The van der Waals surface area contributed by atoms with Crippen molar-refractivity contribution in [2.45, 2.75) is 0 Å². The number of furan rings is 1. The van der Waals surface area contributed by atoms with Gasteiger partial charge in [-0.05, 0) is 154 Å². The summed E-state index contributed by atoms with van der Waals surface area (Å²) in [7, 11) is 0. The van der Waals surface area contributed by atoms with Crippen molar-refractivity contribution in [3.05, 3.63) is 212 Å². The van der Waals surface area contributed by atoms with E-state index in [9.17, 15) is 0 Å². The molecule has 0 bridgehead atoms. The number of rotatable bonds is 3. The van der Waals surface area contributed by atoms with Crippen molar-refractivity contribution in [1.82, 2.24) is 4.57 Å². The van der Waals surface area contributed by atoms with Crippen molar-refractivity contribution in [2.24, 2.45) is 0 Å². The smallest absolute Gasteiger partial charge is 0.135 e. The molecule has 1 aliphatic carbocycles. The molecule has 0 saturated carbocycles. The van der Waals surface area contributed by atoms with E-state index in [1.165, 1.54) is 126 Å². The van der Waals surface area contributed by atoms with E-state index in [2.05, 4.69) is 217 Å². The normalized spacial score (nSPS) is 12.4. The largest absolute Gasteiger partial charge is 0.456 e. The Morgan fingerprint density at radius 3 is 1.56 bits per heavy atom. The highest BCUT2D eigenvalue weighted by Crippen LogP contribution is 2.49. The fraction of sp³-hybridized carbons (Fsp3) is 0. The van der Waals surface area contributed by atoms with Crippen LogP contribution in [0.2, 0.25) is 0 Å². The van der Waals surface area contributed by atoms with Crippen molar-refractivity contribution in [3.8, 4) is 50.2 Å². The minimum atomic E-state index is 0.899. The van der Waals surface area contributed by atoms with Crippen molar-refractivity contribution < 1.29 is 4.42 Å². The van der Waals surface area contributed by atoms with Crippen LogP contribution in [0, 0.1) is 0 Å². The number of hydrogen-bond acceptors (Lipinski definition) is 1. The van der Waals surface area contributed by atoms with E-state index in [1.807, 2.05) is 0 Å². The number of benzene rings is 12. The van der Waals surface area contributed by atoms with Crippen LogP contribution < -0.4 is 0 Å². The molecule has 0 unspecified atom stereocenters. The summed E-state index contributed by atoms with van der Waals surface area (Å²) >= 11 is 0. The summed E-state index contributed by atoms with van der Waals surface area (Å²) in [4.78, 5) is 0. The average Bonchev–Trinajstić information content (AvgIpc) is 4.00. The Hall–Kier alpha value is -8.46. The van der Waals surface area contributed by atoms with Gasteiger partial charge in [0, 0.05) is 26.9 Å². The summed E-state index contributed by atoms with van der Waals surface area (Å²) in [6, 6.07) is 78.6. The summed E-state index contributed by atoms with van der Waals surface area (Å²) in [5.41, 5.74) is 15.4. The van der Waals surface area contributed by atoms with E-state index in [1.54, 1.807) is 0 Å². The van der Waals surface area contributed by atoms with Crippen LogP contribution >= 0.6 is 0 Å². The maximum Gasteiger partial charge on any atom is 0.135 e. The van der Waals surface area contributed by atoms with E-state index in [0.29, 0.717) is 0 Å². The molecule has 0 amide bonds. The van der Waals surface area contributed by atoms with Crippen molar-refractivity contribution in [1.29, 1.82) is 0 Å². The number of fused-ring (bicyclic) bond motifs is 16. The standard InChI is InChI=1S/C62H35NO/c1-2-14-42-36(10-1)11-9-21-57(42)63-58-20-6-5-17-47(58)54-34-52-46-27-23-38(30-50(46)43-15-3-4-16-44(43)53(52)35-59(54)63)40-24-28-60-55(32-40)56-33-41(25-29-61(56)64-60)39-22-26-45-48-18-7-12-37-13-8-19-49(62(37)48)51(45)31-39/h1-35H. The molecule has 64 heavy (non-hydrogen) atoms. The molecule has 2 nitrogen and oxygen atoms in total. The van der Waals surface area contributed by atoms with Crippen LogP contribution in [0.1, 0.15) is 0 Å². The lowest BCUT2D eigenvalue weighted by Gasteiger charge is -2.14. The third kappa shape index (κ3) is 4.64. The minimum Gasteiger partial charge on any atom is -0.456 e. The number of para-hydroxylation sites is 1. The van der Waals surface area contributed by atoms with Gasteiger partial charge < -0.3 is 8.98 Å². The zero-order valence-corrected chi connectivity index (χ0v) is 34.6. The second-order valence-corrected chi connectivity index (χ2v) is 17.6. The highest BCUT2D eigenvalue weighted by atomic mass is 16.3. The molecule has 12 aromatic carbocycles. The van der Waals surface area contributed by atoms with Crippen molar-refractivity contribution >= 4 is 97.6 Å². The molecule has 15 rings (SSSR count). The predicted molar refractivity (Wildman–Crippen MR) is 271 cm³/mol. The molecule has 0 aliphatic heterocycles. The van der Waals surface area contributed by atoms with Crippen LogP contribution in [0.3, 0.4) is 0 Å². The highest BCUT2D eigenvalue weighted by molar-refractivity contribution is 6.29. The first-order chi connectivity index (χ1) is 31.7. The summed E-state index contributed by atoms with van der Waals surface area (Å²) < 4.78 is 8.95. The monoisotopic (exact) mass is 809 g/mol. The Bertz CT molecular complexity index is 4360. The van der Waals surface area contributed by atoms with Crippen LogP contribution in [0.15, 0.2) is 217 Å². The topological polar surface area (TPSA) is 18.1 Å². The third-order valence-electron chi connectivity index (χ3n) is 14.3. The van der Waals surface area contributed by atoms with Crippen molar-refractivity contribution in [2.75, 3.05) is 0 Å². The summed E-state index contributed by atoms with van der Waals surface area (Å²) in [6.45, 7) is 0. The molecular formula is C62H35NO. The molecule has 0 saturated heterocycles. The van der Waals surface area contributed by atoms with Gasteiger partial charge >= 0.3 is 0 Å². The number of aromatic nitrogens is 1. The molecule has 0 atom stereocenters. The Balaban J connectivity index is 0.892. The first-order valence-electron chi connectivity index (χ1n) is 22.2. The molecule has 294 valence electrons. The minimum absolute atomic E-state index is 0.899. The Morgan fingerprint density at radius 1 is 0.266 bits per heavy atom. The highest BCUT2D eigenvalue weighted by Gasteiger charge is 2.22. The molecule has 0 spiro atoms. The lowest BCUT2D eigenvalue weighted by Crippen LogP contribution is -1.95. The van der Waals surface area contributed by atoms with Gasteiger partial charge in [-0.3, -0.25) is 0 Å². The number of hydrogen-bond donors (Lipinski definition) is 0. The fourth-order valence-electron chi connectivity index (χ4n) is 11.4. The van der Waals surface area contributed by atoms with Gasteiger partial charge in [0.25, 0.3) is 0 Å². The average molecular weight is 810 g/mol. The van der Waals surface area contributed by atoms with Gasteiger partial charge in [0.1, 0.15) is 11.2 Å². The van der Waals surface area contributed by atoms with Gasteiger partial charge in [-0.2, -0.15) is 0 Å². The first-order valence-corrected chi connectivity index (χ1v) is 22.2. The molecule has 1 aliphatic rings. The maximum absolute atomic E-state index is 6.48. The van der Waals surface area contributed by atoms with Crippen LogP contribution in [0.4, 0.5) is 0 Å². The van der Waals surface area contributed by atoms with Gasteiger partial charge in [0.05, 0.1) is 16.7 Å². The van der Waals surface area contributed by atoms with Gasteiger partial charge in [0.2, 0.25) is 0 Å². The van der Waals surface area contributed by atoms with E-state index in [4.69, 9.17) is 4.42 Å². The zero-order valence-electron chi connectivity index (χ0n) is 34.6. The van der Waals surface area contributed by atoms with E-state index in [0.717, 1.165) is 21.9 Å². The fourth-order valence-corrected chi connectivity index (χ4v) is 11.4. The number of nitrogens with zero attached hydrogens (tertiary/aromatic N) is 1. The first kappa shape index (κ1) is 34.2. The van der Waals surface area contributed by atoms with E-state index >= 15 is 0 Å². The Morgan fingerprint density at radius 2 is 0.797 bits per heavy atom. The van der Waals surface area contributed by atoms with E-state index < -0.39 is 0 Å². The van der Waals surface area contributed by atoms with E-state index in [-0.39, 0.29) is 0 Å². The summed E-state index contributed by atoms with van der Waals surface area (Å²) in [6.07, 6.45) is 0. The molecule has 0 N–H and O–H groups in total. The van der Waals surface area contributed by atoms with Crippen molar-refractivity contribution in [3.63, 3.8) is 0 Å². The van der Waals surface area contributed by atoms with Crippen LogP contribution in [-0.2, 0) is 0 Å². The predicted octanol–water partition coefficient (Wildman–Crippen LogP) is 17.4. The summed E-state index contributed by atoms with van der Waals surface area (Å²) in [5.74, 6) is 0. The second kappa shape index (κ2) is 12.6. The molecule has 14 aromatic rings. The molecule has 2 heterocycles. The van der Waals surface area contributed by atoms with Crippen LogP contribution in [0.5, 0.6) is 0 Å². The molecule has 0 radical (unpaired) electrons. The molecular weight excluding hydrogens is 775 g/mol. The lowest BCUT2D eigenvalue weighted by atomic mass is 9.91. The summed E-state index contributed by atoms with van der Waals surface area (Å²) in [5, 5.41) is 17.5. The Kier molecular flexibility index (Phi) is 6.71. The maximum atomic E-state index is 6.48. The molecule has 0 fully saturated rings. The Labute approximate surface area is 367 Å². The molecule has 2 aromatic heterocycles. The van der Waals surface area contributed by atoms with Crippen LogP contribution in [-0.4, -0.2) is 4.57 Å². The van der Waals surface area contributed by atoms with Gasteiger partial charge in [0.15, 0.2) is 0 Å². The SMILES string of the molecule is c1ccc2c(-n3c4ccccc4c4cc5c6ccc(-c7ccc8oc9ccc(-c%10ccc%11c(c%10)-c%10cccc%12cccc-%11c%10%12)cc9c8c7)cc6c6ccccc6c5cc43)cccc2c1. The third-order valence-corrected chi connectivity index (χ3v) is 14.3. The molecule has 2 heteroatoms. The van der Waals surface area contributed by atoms with Crippen LogP contribution in [0.25, 0.3) is 148 Å². The van der Waals surface area contributed by atoms with Gasteiger partial charge in [-0.1, -0.05) is 152 Å².